The number of anilines is 2. The van der Waals surface area contributed by atoms with Gasteiger partial charge in [-0.3, -0.25) is 0 Å². The minimum Gasteiger partial charge on any atom is -0.432 e. The predicted molar refractivity (Wildman–Crippen MR) is 68.3 cm³/mol. The Morgan fingerprint density at radius 1 is 1.35 bits per heavy atom. The van der Waals surface area contributed by atoms with Gasteiger partial charge in [0.2, 0.25) is 0 Å². The number of hydrogen-bond acceptors (Lipinski definition) is 5. The van der Waals surface area contributed by atoms with Gasteiger partial charge in [0.25, 0.3) is 0 Å². The molecule has 1 rings (SSSR count). The molecule has 5 N–H and O–H groups in total. The molecule has 0 radical (unpaired) electrons. The molecule has 0 spiro atoms. The molecule has 0 bridgehead atoms. The molecule has 20 heavy (non-hydrogen) atoms. The van der Waals surface area contributed by atoms with Crippen LogP contribution in [0.1, 0.15) is 13.3 Å². The number of benzene rings is 1. The maximum Gasteiger partial charge on any atom is 0.387 e. The van der Waals surface area contributed by atoms with Crippen molar-refractivity contribution in [1.29, 1.82) is 0 Å². The van der Waals surface area contributed by atoms with Crippen LogP contribution in [-0.2, 0) is 0 Å². The van der Waals surface area contributed by atoms with Crippen molar-refractivity contribution in [2.75, 3.05) is 24.3 Å². The molecule has 0 saturated carbocycles. The lowest BCUT2D eigenvalue weighted by atomic mass is 9.97. The van der Waals surface area contributed by atoms with E-state index in [0.29, 0.717) is 6.42 Å². The van der Waals surface area contributed by atoms with Crippen molar-refractivity contribution in [3.8, 4) is 5.75 Å². The average molecular weight is 294 g/mol. The van der Waals surface area contributed by atoms with Gasteiger partial charge >= 0.3 is 6.61 Å². The van der Waals surface area contributed by atoms with E-state index in [-0.39, 0.29) is 11.4 Å². The molecule has 114 valence electrons. The van der Waals surface area contributed by atoms with Crippen LogP contribution in [0.25, 0.3) is 0 Å². The molecule has 0 fully saturated rings. The zero-order valence-electron chi connectivity index (χ0n) is 10.9. The monoisotopic (exact) mass is 294 g/mol. The van der Waals surface area contributed by atoms with E-state index in [1.165, 1.54) is 0 Å². The van der Waals surface area contributed by atoms with Crippen LogP contribution in [0.15, 0.2) is 12.1 Å². The number of nitrogens with two attached hydrogens (primary N) is 1. The normalized spacial score (nSPS) is 11.8. The molecular weight excluding hydrogens is 277 g/mol. The Labute approximate surface area is 114 Å². The number of nitrogen functional groups attached to an aromatic ring is 1. The summed E-state index contributed by atoms with van der Waals surface area (Å²) in [6.45, 7) is -2.30. The molecule has 0 aromatic heterocycles. The van der Waals surface area contributed by atoms with E-state index in [1.807, 2.05) is 0 Å². The van der Waals surface area contributed by atoms with Gasteiger partial charge in [0.1, 0.15) is 0 Å². The first-order chi connectivity index (χ1) is 9.37. The van der Waals surface area contributed by atoms with Crippen LogP contribution in [0.5, 0.6) is 5.75 Å². The maximum atomic E-state index is 13.4. The van der Waals surface area contributed by atoms with E-state index >= 15 is 0 Å². The summed E-state index contributed by atoms with van der Waals surface area (Å²) in [4.78, 5) is 0. The molecule has 0 aliphatic rings. The van der Waals surface area contributed by atoms with Gasteiger partial charge in [0.15, 0.2) is 11.6 Å². The highest BCUT2D eigenvalue weighted by Gasteiger charge is 2.27. The standard InChI is InChI=1S/C12H17F3N2O3/c1-2-12(5-18,6-19)17-9-4-10(20-11(14)15)7(13)3-8(9)16/h3-4,11,17-19H,2,5-6,16H2,1H3. The summed E-state index contributed by atoms with van der Waals surface area (Å²) in [6, 6.07) is 1.79. The van der Waals surface area contributed by atoms with Crippen molar-refractivity contribution < 1.29 is 28.1 Å². The maximum absolute atomic E-state index is 13.4. The molecule has 8 heteroatoms. The van der Waals surface area contributed by atoms with Crippen molar-refractivity contribution in [2.45, 2.75) is 25.5 Å². The summed E-state index contributed by atoms with van der Waals surface area (Å²) in [7, 11) is 0. The van der Waals surface area contributed by atoms with Gasteiger partial charge in [-0.1, -0.05) is 6.92 Å². The van der Waals surface area contributed by atoms with Crippen LogP contribution >= 0.6 is 0 Å². The third-order valence-corrected chi connectivity index (χ3v) is 3.00. The van der Waals surface area contributed by atoms with E-state index in [2.05, 4.69) is 10.1 Å². The number of hydrogen-bond donors (Lipinski definition) is 4. The molecule has 0 unspecified atom stereocenters. The van der Waals surface area contributed by atoms with Crippen LogP contribution in [0.2, 0.25) is 0 Å². The van der Waals surface area contributed by atoms with Gasteiger partial charge in [-0.25, -0.2) is 4.39 Å². The van der Waals surface area contributed by atoms with Crippen molar-refractivity contribution in [1.82, 2.24) is 0 Å². The molecular formula is C12H17F3N2O3. The van der Waals surface area contributed by atoms with Crippen molar-refractivity contribution in [3.63, 3.8) is 0 Å². The Morgan fingerprint density at radius 3 is 2.40 bits per heavy atom. The zero-order valence-corrected chi connectivity index (χ0v) is 10.9. The molecule has 0 atom stereocenters. The Hall–Kier alpha value is -1.67. The predicted octanol–water partition coefficient (Wildman–Crippen LogP) is 1.55. The van der Waals surface area contributed by atoms with Crippen LogP contribution in [0.4, 0.5) is 24.5 Å². The first kappa shape index (κ1) is 16.4. The minimum atomic E-state index is -3.17. The minimum absolute atomic E-state index is 0.0520. The summed E-state index contributed by atoms with van der Waals surface area (Å²) in [5.41, 5.74) is 4.53. The van der Waals surface area contributed by atoms with Gasteiger partial charge in [-0.05, 0) is 6.42 Å². The van der Waals surface area contributed by atoms with Gasteiger partial charge in [-0.15, -0.1) is 0 Å². The number of rotatable bonds is 7. The summed E-state index contributed by atoms with van der Waals surface area (Å²) < 4.78 is 41.7. The quantitative estimate of drug-likeness (QED) is 0.573. The van der Waals surface area contributed by atoms with Crippen molar-refractivity contribution in [2.24, 2.45) is 0 Å². The highest BCUT2D eigenvalue weighted by atomic mass is 19.3. The van der Waals surface area contributed by atoms with E-state index in [9.17, 15) is 23.4 Å². The molecule has 0 heterocycles. The SMILES string of the molecule is CCC(CO)(CO)Nc1cc(OC(F)F)c(F)cc1N. The van der Waals surface area contributed by atoms with Crippen LogP contribution in [0, 0.1) is 5.82 Å². The number of halogens is 3. The topological polar surface area (TPSA) is 87.7 Å². The fraction of sp³-hybridized carbons (Fsp3) is 0.500. The van der Waals surface area contributed by atoms with Gasteiger partial charge in [0, 0.05) is 12.1 Å². The van der Waals surface area contributed by atoms with Crippen molar-refractivity contribution >= 4 is 11.4 Å². The lowest BCUT2D eigenvalue weighted by molar-refractivity contribution is -0.0521. The molecule has 0 amide bonds. The molecule has 0 saturated heterocycles. The summed E-state index contributed by atoms with van der Waals surface area (Å²) in [5.74, 6) is -1.69. The van der Waals surface area contributed by atoms with Crippen molar-refractivity contribution in [3.05, 3.63) is 17.9 Å². The largest absolute Gasteiger partial charge is 0.432 e. The first-order valence-corrected chi connectivity index (χ1v) is 5.91. The zero-order chi connectivity index (χ0) is 15.3. The average Bonchev–Trinajstić information content (AvgIpc) is 2.40. The molecule has 0 aliphatic carbocycles. The molecule has 1 aromatic carbocycles. The fourth-order valence-electron chi connectivity index (χ4n) is 1.59. The Kier molecular flexibility index (Phi) is 5.46. The van der Waals surface area contributed by atoms with E-state index < -0.39 is 36.9 Å². The van der Waals surface area contributed by atoms with Crippen LogP contribution < -0.4 is 15.8 Å². The second-order valence-electron chi connectivity index (χ2n) is 4.32. The number of aliphatic hydroxyl groups is 2. The van der Waals surface area contributed by atoms with Gasteiger partial charge in [0.05, 0.1) is 30.1 Å². The highest BCUT2D eigenvalue weighted by Crippen LogP contribution is 2.31. The van der Waals surface area contributed by atoms with Crippen LogP contribution in [-0.4, -0.2) is 35.6 Å². The number of aliphatic hydroxyl groups excluding tert-OH is 2. The molecule has 1 aromatic rings. The molecule has 5 nitrogen and oxygen atoms in total. The third-order valence-electron chi connectivity index (χ3n) is 3.00. The lowest BCUT2D eigenvalue weighted by Gasteiger charge is -2.31. The smallest absolute Gasteiger partial charge is 0.387 e. The second-order valence-corrected chi connectivity index (χ2v) is 4.32. The lowest BCUT2D eigenvalue weighted by Crippen LogP contribution is -2.45. The van der Waals surface area contributed by atoms with E-state index in [4.69, 9.17) is 5.73 Å². The highest BCUT2D eigenvalue weighted by molar-refractivity contribution is 5.69. The Bertz CT molecular complexity index is 446. The van der Waals surface area contributed by atoms with Gasteiger partial charge in [-0.2, -0.15) is 8.78 Å². The summed E-state index contributed by atoms with van der Waals surface area (Å²) in [6.07, 6.45) is 0.335. The number of nitrogens with one attached hydrogen (secondary N) is 1. The summed E-state index contributed by atoms with van der Waals surface area (Å²) in [5, 5.41) is 21.4. The molecule has 0 aliphatic heterocycles. The third kappa shape index (κ3) is 3.67. The Morgan fingerprint density at radius 2 is 1.95 bits per heavy atom. The first-order valence-electron chi connectivity index (χ1n) is 5.91. The van der Waals surface area contributed by atoms with E-state index in [0.717, 1.165) is 12.1 Å². The van der Waals surface area contributed by atoms with E-state index in [1.54, 1.807) is 6.92 Å². The fourth-order valence-corrected chi connectivity index (χ4v) is 1.59. The summed E-state index contributed by atoms with van der Waals surface area (Å²) >= 11 is 0. The number of ether oxygens (including phenoxy) is 1. The Balaban J connectivity index is 3.11. The van der Waals surface area contributed by atoms with Gasteiger partial charge < -0.3 is 26.0 Å². The number of alkyl halides is 2. The van der Waals surface area contributed by atoms with Crippen LogP contribution in [0.3, 0.4) is 0 Å². The second kappa shape index (κ2) is 6.67.